The van der Waals surface area contributed by atoms with Gasteiger partial charge in [0.05, 0.1) is 13.2 Å². The molecule has 4 aromatic carbocycles. The van der Waals surface area contributed by atoms with Crippen molar-refractivity contribution in [2.24, 2.45) is 0 Å². The molecular formula is C32H32N4O5S. The SMILES string of the molecule is CCOc1ccc(-n2c(C)nnc2S[C@@H](C[N+](=O)[O-])c2ccc(OCc3ccc4ccccc4c3)c(OCC)c2)cc1. The van der Waals surface area contributed by atoms with E-state index < -0.39 is 5.25 Å². The van der Waals surface area contributed by atoms with Crippen molar-refractivity contribution in [3.05, 3.63) is 112 Å². The van der Waals surface area contributed by atoms with Gasteiger partial charge in [0.1, 0.15) is 23.4 Å². The van der Waals surface area contributed by atoms with E-state index in [9.17, 15) is 10.1 Å². The Morgan fingerprint density at radius 1 is 0.857 bits per heavy atom. The van der Waals surface area contributed by atoms with E-state index in [0.717, 1.165) is 28.0 Å². The lowest BCUT2D eigenvalue weighted by Gasteiger charge is -2.18. The number of hydrogen-bond acceptors (Lipinski definition) is 8. The molecule has 216 valence electrons. The Morgan fingerprint density at radius 3 is 2.36 bits per heavy atom. The smallest absolute Gasteiger partial charge is 0.220 e. The van der Waals surface area contributed by atoms with Gasteiger partial charge in [0, 0.05) is 10.6 Å². The van der Waals surface area contributed by atoms with Gasteiger partial charge < -0.3 is 14.2 Å². The number of nitro groups is 1. The van der Waals surface area contributed by atoms with Gasteiger partial charge in [0.2, 0.25) is 6.54 Å². The maximum absolute atomic E-state index is 11.7. The van der Waals surface area contributed by atoms with Crippen LogP contribution >= 0.6 is 11.8 Å². The third-order valence-electron chi connectivity index (χ3n) is 6.61. The first-order chi connectivity index (χ1) is 20.4. The van der Waals surface area contributed by atoms with Crippen LogP contribution in [0.15, 0.2) is 90.1 Å². The van der Waals surface area contributed by atoms with E-state index in [-0.39, 0.29) is 11.5 Å². The topological polar surface area (TPSA) is 102 Å². The first-order valence-corrected chi connectivity index (χ1v) is 14.6. The molecule has 0 N–H and O–H groups in total. The number of thioether (sulfide) groups is 1. The molecule has 0 amide bonds. The molecule has 10 heteroatoms. The van der Waals surface area contributed by atoms with Gasteiger partial charge in [-0.25, -0.2) is 0 Å². The Morgan fingerprint density at radius 2 is 1.62 bits per heavy atom. The molecule has 0 aliphatic heterocycles. The van der Waals surface area contributed by atoms with E-state index in [1.807, 2.05) is 86.0 Å². The predicted molar refractivity (Wildman–Crippen MR) is 164 cm³/mol. The van der Waals surface area contributed by atoms with Crippen molar-refractivity contribution >= 4 is 22.5 Å². The minimum absolute atomic E-state index is 0.303. The van der Waals surface area contributed by atoms with E-state index in [1.54, 1.807) is 0 Å². The van der Waals surface area contributed by atoms with Crippen LogP contribution in [0.5, 0.6) is 17.2 Å². The summed E-state index contributed by atoms with van der Waals surface area (Å²) >= 11 is 1.29. The lowest BCUT2D eigenvalue weighted by molar-refractivity contribution is -0.479. The van der Waals surface area contributed by atoms with Gasteiger partial charge in [-0.15, -0.1) is 10.2 Å². The molecule has 0 spiro atoms. The molecule has 1 heterocycles. The van der Waals surface area contributed by atoms with Crippen LogP contribution in [0.3, 0.4) is 0 Å². The third kappa shape index (κ3) is 6.83. The number of hydrogen-bond donors (Lipinski definition) is 0. The summed E-state index contributed by atoms with van der Waals surface area (Å²) in [5.74, 6) is 2.55. The fraction of sp³-hybridized carbons (Fsp3) is 0.250. The Balaban J connectivity index is 1.39. The van der Waals surface area contributed by atoms with Crippen LogP contribution in [0.1, 0.15) is 36.0 Å². The fourth-order valence-corrected chi connectivity index (χ4v) is 5.81. The van der Waals surface area contributed by atoms with E-state index in [4.69, 9.17) is 14.2 Å². The van der Waals surface area contributed by atoms with Crippen LogP contribution in [0.2, 0.25) is 0 Å². The van der Waals surface area contributed by atoms with Crippen LogP contribution in [-0.2, 0) is 6.61 Å². The van der Waals surface area contributed by atoms with Gasteiger partial charge >= 0.3 is 0 Å². The Bertz CT molecular complexity index is 1670. The van der Waals surface area contributed by atoms with E-state index in [2.05, 4.69) is 34.5 Å². The van der Waals surface area contributed by atoms with Crippen molar-refractivity contribution < 1.29 is 19.1 Å². The van der Waals surface area contributed by atoms with Gasteiger partial charge in [-0.05, 0) is 85.1 Å². The molecule has 0 bridgehead atoms. The van der Waals surface area contributed by atoms with Gasteiger partial charge in [-0.1, -0.05) is 54.2 Å². The maximum Gasteiger partial charge on any atom is 0.220 e. The van der Waals surface area contributed by atoms with Crippen molar-refractivity contribution in [2.75, 3.05) is 19.8 Å². The Labute approximate surface area is 248 Å². The Kier molecular flexibility index (Phi) is 9.23. The highest BCUT2D eigenvalue weighted by atomic mass is 32.2. The first kappa shape index (κ1) is 28.9. The molecule has 0 radical (unpaired) electrons. The number of aryl methyl sites for hydroxylation is 1. The summed E-state index contributed by atoms with van der Waals surface area (Å²) in [7, 11) is 0. The van der Waals surface area contributed by atoms with Crippen molar-refractivity contribution in [1.82, 2.24) is 14.8 Å². The van der Waals surface area contributed by atoms with Gasteiger partial charge in [0.25, 0.3) is 0 Å². The number of aromatic nitrogens is 3. The second-order valence-corrected chi connectivity index (χ2v) is 10.7. The van der Waals surface area contributed by atoms with Gasteiger partial charge in [0.15, 0.2) is 16.7 Å². The number of nitrogens with zero attached hydrogens (tertiary/aromatic N) is 4. The minimum Gasteiger partial charge on any atom is -0.494 e. The van der Waals surface area contributed by atoms with Crippen molar-refractivity contribution in [2.45, 2.75) is 37.8 Å². The lowest BCUT2D eigenvalue weighted by atomic mass is 10.1. The zero-order chi connectivity index (χ0) is 29.5. The normalized spacial score (nSPS) is 11.8. The summed E-state index contributed by atoms with van der Waals surface area (Å²) in [5.41, 5.74) is 2.61. The lowest BCUT2D eigenvalue weighted by Crippen LogP contribution is -2.12. The summed E-state index contributed by atoms with van der Waals surface area (Å²) in [6, 6.07) is 27.5. The van der Waals surface area contributed by atoms with Crippen molar-refractivity contribution in [3.63, 3.8) is 0 Å². The molecule has 9 nitrogen and oxygen atoms in total. The van der Waals surface area contributed by atoms with E-state index >= 15 is 0 Å². The molecule has 0 saturated heterocycles. The average Bonchev–Trinajstić information content (AvgIpc) is 3.36. The second kappa shape index (κ2) is 13.4. The van der Waals surface area contributed by atoms with Crippen LogP contribution in [0, 0.1) is 17.0 Å². The van der Waals surface area contributed by atoms with E-state index in [0.29, 0.717) is 42.3 Å². The molecule has 1 aromatic heterocycles. The zero-order valence-corrected chi connectivity index (χ0v) is 24.5. The first-order valence-electron chi connectivity index (χ1n) is 13.8. The summed E-state index contributed by atoms with van der Waals surface area (Å²) in [6.45, 7) is 6.74. The monoisotopic (exact) mass is 584 g/mol. The summed E-state index contributed by atoms with van der Waals surface area (Å²) in [5, 5.41) is 22.7. The molecule has 5 rings (SSSR count). The number of ether oxygens (including phenoxy) is 3. The zero-order valence-electron chi connectivity index (χ0n) is 23.7. The Hall–Kier alpha value is -4.57. The van der Waals surface area contributed by atoms with E-state index in [1.165, 1.54) is 17.1 Å². The second-order valence-electron chi connectivity index (χ2n) is 9.52. The molecule has 0 unspecified atom stereocenters. The summed E-state index contributed by atoms with van der Waals surface area (Å²) in [6.07, 6.45) is 0. The van der Waals surface area contributed by atoms with Gasteiger partial charge in [-0.3, -0.25) is 14.7 Å². The highest BCUT2D eigenvalue weighted by molar-refractivity contribution is 7.99. The van der Waals surface area contributed by atoms with Crippen LogP contribution < -0.4 is 14.2 Å². The molecule has 5 aromatic rings. The third-order valence-corrected chi connectivity index (χ3v) is 7.79. The van der Waals surface area contributed by atoms with Crippen LogP contribution in [0.25, 0.3) is 16.5 Å². The maximum atomic E-state index is 11.7. The predicted octanol–water partition coefficient (Wildman–Crippen LogP) is 7.22. The molecule has 0 fully saturated rings. The highest BCUT2D eigenvalue weighted by Crippen LogP contribution is 2.40. The molecule has 0 aliphatic carbocycles. The summed E-state index contributed by atoms with van der Waals surface area (Å²) < 4.78 is 19.5. The largest absolute Gasteiger partial charge is 0.494 e. The quantitative estimate of drug-likeness (QED) is 0.0812. The fourth-order valence-electron chi connectivity index (χ4n) is 4.65. The average molecular weight is 585 g/mol. The number of fused-ring (bicyclic) bond motifs is 1. The standard InChI is InChI=1S/C32H32N4O5S/c1-4-39-28-15-13-27(14-16-28)36-22(3)33-34-32(36)42-31(20-35(37)38)26-12-17-29(30(19-26)40-5-2)41-21-23-10-11-24-8-6-7-9-25(24)18-23/h6-19,31H,4-5,20-21H2,1-3H3/t31-/m0/s1. The highest BCUT2D eigenvalue weighted by Gasteiger charge is 2.25. The molecule has 1 atom stereocenters. The van der Waals surface area contributed by atoms with Crippen LogP contribution in [-0.4, -0.2) is 39.4 Å². The van der Waals surface area contributed by atoms with Crippen molar-refractivity contribution in [1.29, 1.82) is 0 Å². The van der Waals surface area contributed by atoms with Crippen LogP contribution in [0.4, 0.5) is 0 Å². The van der Waals surface area contributed by atoms with Gasteiger partial charge in [-0.2, -0.15) is 0 Å². The molecule has 0 saturated carbocycles. The molecular weight excluding hydrogens is 552 g/mol. The number of rotatable bonds is 13. The minimum atomic E-state index is -0.543. The summed E-state index contributed by atoms with van der Waals surface area (Å²) in [4.78, 5) is 11.4. The van der Waals surface area contributed by atoms with Crippen molar-refractivity contribution in [3.8, 4) is 22.9 Å². The number of benzene rings is 4. The molecule has 0 aliphatic rings. The molecule has 42 heavy (non-hydrogen) atoms.